The predicted octanol–water partition coefficient (Wildman–Crippen LogP) is 2.66. The molecule has 1 heterocycles. The van der Waals surface area contributed by atoms with E-state index in [2.05, 4.69) is 4.98 Å². The number of aromatic nitrogens is 1. The van der Waals surface area contributed by atoms with Gasteiger partial charge in [0.05, 0.1) is 24.8 Å². The fraction of sp³-hybridized carbons (Fsp3) is 0.286. The van der Waals surface area contributed by atoms with Crippen LogP contribution in [0.1, 0.15) is 24.1 Å². The number of sulfone groups is 1. The quantitative estimate of drug-likeness (QED) is 0.528. The minimum Gasteiger partial charge on any atom is -0.468 e. The average Bonchev–Trinajstić information content (AvgIpc) is 3.14. The van der Waals surface area contributed by atoms with E-state index >= 15 is 0 Å². The number of allylic oxidation sites excluding steroid dienone is 2. The maximum atomic E-state index is 13.4. The van der Waals surface area contributed by atoms with Crippen LogP contribution in [0.4, 0.5) is 4.39 Å². The van der Waals surface area contributed by atoms with Gasteiger partial charge in [0.15, 0.2) is 15.3 Å². The summed E-state index contributed by atoms with van der Waals surface area (Å²) in [5, 5.41) is 0. The molecule has 3 rings (SSSR count). The van der Waals surface area contributed by atoms with E-state index in [4.69, 9.17) is 9.47 Å². The Bertz CT molecular complexity index is 1110. The van der Waals surface area contributed by atoms with Crippen molar-refractivity contribution in [1.82, 2.24) is 4.98 Å². The Labute approximate surface area is 173 Å². The number of methoxy groups -OCH3 is 2. The Morgan fingerprint density at radius 2 is 1.53 bits per heavy atom. The Morgan fingerprint density at radius 1 is 0.967 bits per heavy atom. The summed E-state index contributed by atoms with van der Waals surface area (Å²) in [5.41, 5.74) is 0.550. The summed E-state index contributed by atoms with van der Waals surface area (Å²) in [5.74, 6) is -1.94. The van der Waals surface area contributed by atoms with Crippen LogP contribution >= 0.6 is 0 Å². The molecule has 0 aliphatic heterocycles. The zero-order valence-corrected chi connectivity index (χ0v) is 17.5. The minimum absolute atomic E-state index is 0.0250. The number of halogens is 1. The van der Waals surface area contributed by atoms with Crippen LogP contribution in [0.3, 0.4) is 0 Å². The third-order valence-electron chi connectivity index (χ3n) is 5.14. The second kappa shape index (κ2) is 7.98. The summed E-state index contributed by atoms with van der Waals surface area (Å²) in [6, 6.07) is 8.55. The molecular weight excluding hydrogens is 413 g/mol. The molecule has 1 aliphatic rings. The molecule has 0 N–H and O–H groups in total. The zero-order valence-electron chi connectivity index (χ0n) is 16.6. The van der Waals surface area contributed by atoms with Crippen LogP contribution in [0.5, 0.6) is 0 Å². The summed E-state index contributed by atoms with van der Waals surface area (Å²) in [6.07, 6.45) is 2.21. The van der Waals surface area contributed by atoms with Gasteiger partial charge >= 0.3 is 11.9 Å². The van der Waals surface area contributed by atoms with Gasteiger partial charge in [-0.25, -0.2) is 12.8 Å². The number of pyridine rings is 1. The van der Waals surface area contributed by atoms with E-state index < -0.39 is 33.0 Å². The molecule has 1 aliphatic carbocycles. The van der Waals surface area contributed by atoms with Crippen LogP contribution in [-0.4, -0.2) is 45.8 Å². The molecule has 0 atom stereocenters. The molecule has 158 valence electrons. The molecule has 0 spiro atoms. The number of carbonyl (C=O) groups is 2. The second-order valence-corrected chi connectivity index (χ2v) is 9.05. The monoisotopic (exact) mass is 433 g/mol. The van der Waals surface area contributed by atoms with E-state index in [9.17, 15) is 22.4 Å². The molecular formula is C21H20FNO6S. The number of nitrogens with zero attached hydrogens (tertiary/aromatic N) is 1. The normalized spacial score (nSPS) is 15.7. The summed E-state index contributed by atoms with van der Waals surface area (Å²) in [7, 11) is -1.08. The van der Waals surface area contributed by atoms with E-state index in [-0.39, 0.29) is 17.7 Å². The molecule has 0 unspecified atom stereocenters. The summed E-state index contributed by atoms with van der Waals surface area (Å²) in [6.45, 7) is 0. The van der Waals surface area contributed by atoms with Gasteiger partial charge < -0.3 is 9.47 Å². The molecule has 0 radical (unpaired) electrons. The number of ether oxygens (including phenoxy) is 2. The van der Waals surface area contributed by atoms with Crippen molar-refractivity contribution < 1.29 is 31.9 Å². The van der Waals surface area contributed by atoms with Gasteiger partial charge in [0.1, 0.15) is 5.82 Å². The molecule has 2 aromatic rings. The molecule has 1 aromatic heterocycles. The Balaban J connectivity index is 2.17. The first-order chi connectivity index (χ1) is 14.1. The van der Waals surface area contributed by atoms with Crippen LogP contribution in [0.25, 0.3) is 11.1 Å². The first-order valence-electron chi connectivity index (χ1n) is 8.93. The van der Waals surface area contributed by atoms with Crippen LogP contribution in [0.2, 0.25) is 0 Å². The lowest BCUT2D eigenvalue weighted by Crippen LogP contribution is -2.39. The van der Waals surface area contributed by atoms with Crippen molar-refractivity contribution in [2.75, 3.05) is 20.5 Å². The maximum absolute atomic E-state index is 13.4. The van der Waals surface area contributed by atoms with E-state index in [1.54, 1.807) is 12.1 Å². The van der Waals surface area contributed by atoms with Gasteiger partial charge in [-0.3, -0.25) is 14.6 Å². The molecule has 0 amide bonds. The maximum Gasteiger partial charge on any atom is 0.323 e. The molecule has 0 fully saturated rings. The standard InChI is InChI=1S/C21H20FNO6S/c1-28-19(24)21(20(25)29-2)10-16(13-4-6-14(22)7-5-13)17(11-21)18-9-8-15(12-23-18)30(3,26)27/h4-9,12H,10-11H2,1-3H3. The lowest BCUT2D eigenvalue weighted by molar-refractivity contribution is -0.167. The van der Waals surface area contributed by atoms with Gasteiger partial charge in [0, 0.05) is 25.3 Å². The predicted molar refractivity (Wildman–Crippen MR) is 106 cm³/mol. The third-order valence-corrected chi connectivity index (χ3v) is 6.24. The molecule has 9 heteroatoms. The first-order valence-corrected chi connectivity index (χ1v) is 10.8. The average molecular weight is 433 g/mol. The SMILES string of the molecule is COC(=O)C1(C(=O)OC)CC(c2ccc(F)cc2)=C(c2ccc(S(C)(=O)=O)cn2)C1. The van der Waals surface area contributed by atoms with Crippen molar-refractivity contribution in [3.8, 4) is 0 Å². The molecule has 7 nitrogen and oxygen atoms in total. The van der Waals surface area contributed by atoms with Crippen molar-refractivity contribution in [3.05, 3.63) is 59.7 Å². The van der Waals surface area contributed by atoms with Gasteiger partial charge in [-0.15, -0.1) is 0 Å². The number of benzene rings is 1. The summed E-state index contributed by atoms with van der Waals surface area (Å²) >= 11 is 0. The molecule has 0 bridgehead atoms. The van der Waals surface area contributed by atoms with Crippen molar-refractivity contribution in [1.29, 1.82) is 0 Å². The minimum atomic E-state index is -3.44. The van der Waals surface area contributed by atoms with E-state index in [0.717, 1.165) is 6.26 Å². The van der Waals surface area contributed by atoms with Crippen LogP contribution in [0.15, 0.2) is 47.5 Å². The largest absolute Gasteiger partial charge is 0.468 e. The molecule has 30 heavy (non-hydrogen) atoms. The highest BCUT2D eigenvalue weighted by atomic mass is 32.2. The molecule has 0 saturated carbocycles. The summed E-state index contributed by atoms with van der Waals surface area (Å²) < 4.78 is 46.7. The number of esters is 2. The van der Waals surface area contributed by atoms with E-state index in [1.807, 2.05) is 0 Å². The fourth-order valence-electron chi connectivity index (χ4n) is 3.59. The highest BCUT2D eigenvalue weighted by Gasteiger charge is 2.54. The smallest absolute Gasteiger partial charge is 0.323 e. The molecule has 1 aromatic carbocycles. The van der Waals surface area contributed by atoms with Gasteiger partial charge in [0.2, 0.25) is 0 Å². The topological polar surface area (TPSA) is 99.6 Å². The van der Waals surface area contributed by atoms with Crippen LogP contribution in [-0.2, 0) is 28.9 Å². The van der Waals surface area contributed by atoms with E-state index in [1.165, 1.54) is 44.7 Å². The van der Waals surface area contributed by atoms with Gasteiger partial charge in [-0.05, 0) is 41.0 Å². The van der Waals surface area contributed by atoms with Crippen molar-refractivity contribution in [2.24, 2.45) is 5.41 Å². The number of hydrogen-bond acceptors (Lipinski definition) is 7. The first kappa shape index (κ1) is 21.6. The van der Waals surface area contributed by atoms with Crippen molar-refractivity contribution in [3.63, 3.8) is 0 Å². The summed E-state index contributed by atoms with van der Waals surface area (Å²) in [4.78, 5) is 29.5. The van der Waals surface area contributed by atoms with Gasteiger partial charge in [0.25, 0.3) is 0 Å². The van der Waals surface area contributed by atoms with Gasteiger partial charge in [-0.1, -0.05) is 12.1 Å². The van der Waals surface area contributed by atoms with Crippen molar-refractivity contribution in [2.45, 2.75) is 17.7 Å². The number of rotatable bonds is 5. The number of carbonyl (C=O) groups excluding carboxylic acids is 2. The lowest BCUT2D eigenvalue weighted by atomic mass is 9.83. The molecule has 0 saturated heterocycles. The zero-order chi connectivity index (χ0) is 22.1. The van der Waals surface area contributed by atoms with Crippen molar-refractivity contribution >= 4 is 32.9 Å². The van der Waals surface area contributed by atoms with Crippen LogP contribution in [0, 0.1) is 11.2 Å². The Hall–Kier alpha value is -3.07. The lowest BCUT2D eigenvalue weighted by Gasteiger charge is -2.23. The fourth-order valence-corrected chi connectivity index (χ4v) is 4.15. The third kappa shape index (κ3) is 3.85. The van der Waals surface area contributed by atoms with Crippen LogP contribution < -0.4 is 0 Å². The highest BCUT2D eigenvalue weighted by molar-refractivity contribution is 7.90. The van der Waals surface area contributed by atoms with Gasteiger partial charge in [-0.2, -0.15) is 0 Å². The van der Waals surface area contributed by atoms with E-state index in [0.29, 0.717) is 22.4 Å². The second-order valence-electron chi connectivity index (χ2n) is 7.03. The highest BCUT2D eigenvalue weighted by Crippen LogP contribution is 2.51. The number of hydrogen-bond donors (Lipinski definition) is 0. The Kier molecular flexibility index (Phi) is 5.76. The Morgan fingerprint density at radius 3 is 2.00 bits per heavy atom.